The molecular formula is C18H16ClFN2O2. The maximum atomic E-state index is 13.5. The van der Waals surface area contributed by atoms with Crippen molar-refractivity contribution in [3.05, 3.63) is 82.2 Å². The highest BCUT2D eigenvalue weighted by Crippen LogP contribution is 2.27. The van der Waals surface area contributed by atoms with E-state index < -0.39 is 11.8 Å². The van der Waals surface area contributed by atoms with Crippen LogP contribution in [0.5, 0.6) is 0 Å². The van der Waals surface area contributed by atoms with Crippen LogP contribution in [-0.2, 0) is 11.3 Å². The van der Waals surface area contributed by atoms with Gasteiger partial charge in [-0.25, -0.2) is 9.18 Å². The first-order valence-electron chi connectivity index (χ1n) is 7.56. The highest BCUT2D eigenvalue weighted by Gasteiger charge is 2.25. The molecule has 124 valence electrons. The Morgan fingerprint density at radius 3 is 2.92 bits per heavy atom. The van der Waals surface area contributed by atoms with Gasteiger partial charge in [-0.15, -0.1) is 0 Å². The van der Waals surface area contributed by atoms with Gasteiger partial charge in [-0.3, -0.25) is 0 Å². The molecule has 2 aliphatic heterocycles. The standard InChI is InChI=1S/C18H16ClFN2O2/c19-14-7-5-12(10-15(14)20)11-21-16-8-6-13-4-2-1-3-9-22(13)17(16)18(23)24/h3-10,21H,1-2,11H2,(H,23,24). The van der Waals surface area contributed by atoms with Crippen molar-refractivity contribution in [2.45, 2.75) is 19.4 Å². The third-order valence-electron chi connectivity index (χ3n) is 3.81. The topological polar surface area (TPSA) is 52.6 Å². The van der Waals surface area contributed by atoms with E-state index in [2.05, 4.69) is 5.32 Å². The van der Waals surface area contributed by atoms with Gasteiger partial charge in [0.1, 0.15) is 5.82 Å². The van der Waals surface area contributed by atoms with Crippen molar-refractivity contribution in [2.24, 2.45) is 0 Å². The van der Waals surface area contributed by atoms with Gasteiger partial charge in [0.25, 0.3) is 0 Å². The molecule has 3 rings (SSSR count). The summed E-state index contributed by atoms with van der Waals surface area (Å²) in [5.74, 6) is -1.52. The zero-order valence-corrected chi connectivity index (χ0v) is 13.6. The molecule has 2 heterocycles. The Bertz CT molecular complexity index is 796. The first-order valence-corrected chi connectivity index (χ1v) is 7.93. The van der Waals surface area contributed by atoms with E-state index >= 15 is 0 Å². The lowest BCUT2D eigenvalue weighted by atomic mass is 10.1. The number of carbonyl (C=O) groups is 1. The molecule has 0 atom stereocenters. The Hall–Kier alpha value is -2.53. The fraction of sp³-hybridized carbons (Fsp3) is 0.167. The number of halogens is 2. The molecule has 2 aliphatic rings. The first-order chi connectivity index (χ1) is 11.6. The summed E-state index contributed by atoms with van der Waals surface area (Å²) in [4.78, 5) is 13.4. The minimum absolute atomic E-state index is 0.0613. The highest BCUT2D eigenvalue weighted by molar-refractivity contribution is 6.30. The fourth-order valence-electron chi connectivity index (χ4n) is 2.63. The second-order valence-corrected chi connectivity index (χ2v) is 5.87. The molecule has 0 spiro atoms. The van der Waals surface area contributed by atoms with Crippen molar-refractivity contribution in [3.63, 3.8) is 0 Å². The van der Waals surface area contributed by atoms with E-state index in [9.17, 15) is 14.3 Å². The number of aliphatic carboxylic acids is 1. The molecular weight excluding hydrogens is 331 g/mol. The Balaban J connectivity index is 1.87. The first kappa shape index (κ1) is 16.3. The summed E-state index contributed by atoms with van der Waals surface area (Å²) in [5, 5.41) is 12.7. The molecule has 0 fully saturated rings. The van der Waals surface area contributed by atoms with Crippen LogP contribution in [0.4, 0.5) is 4.39 Å². The molecule has 0 aliphatic carbocycles. The molecule has 6 heteroatoms. The molecule has 0 radical (unpaired) electrons. The lowest BCUT2D eigenvalue weighted by Crippen LogP contribution is -2.29. The molecule has 4 nitrogen and oxygen atoms in total. The maximum absolute atomic E-state index is 13.5. The molecule has 0 bridgehead atoms. The minimum atomic E-state index is -1.03. The van der Waals surface area contributed by atoms with E-state index in [0.29, 0.717) is 17.8 Å². The predicted molar refractivity (Wildman–Crippen MR) is 90.3 cm³/mol. The molecule has 0 aromatic heterocycles. The van der Waals surface area contributed by atoms with E-state index in [1.807, 2.05) is 18.2 Å². The van der Waals surface area contributed by atoms with E-state index in [4.69, 9.17) is 11.6 Å². The monoisotopic (exact) mass is 346 g/mol. The lowest BCUT2D eigenvalue weighted by Gasteiger charge is -2.27. The number of hydrogen-bond acceptors (Lipinski definition) is 3. The van der Waals surface area contributed by atoms with Crippen LogP contribution in [0.2, 0.25) is 5.02 Å². The summed E-state index contributed by atoms with van der Waals surface area (Å²) in [6.45, 7) is 0.293. The number of fused-ring (bicyclic) bond motifs is 1. The number of carboxylic acids is 1. The van der Waals surface area contributed by atoms with Crippen molar-refractivity contribution in [1.29, 1.82) is 0 Å². The summed E-state index contributed by atoms with van der Waals surface area (Å²) in [7, 11) is 0. The van der Waals surface area contributed by atoms with Gasteiger partial charge in [0, 0.05) is 18.4 Å². The Labute approximate surface area is 144 Å². The van der Waals surface area contributed by atoms with Gasteiger partial charge in [0.15, 0.2) is 5.70 Å². The van der Waals surface area contributed by atoms with Crippen LogP contribution in [0, 0.1) is 5.82 Å². The van der Waals surface area contributed by atoms with Crippen molar-refractivity contribution in [2.75, 3.05) is 0 Å². The molecule has 0 unspecified atom stereocenters. The Morgan fingerprint density at radius 2 is 2.17 bits per heavy atom. The second kappa shape index (κ2) is 6.93. The SMILES string of the molecule is O=C(O)C1=C(NCc2ccc(Cl)c(F)c2)C=CC2=CCCC=CN21. The van der Waals surface area contributed by atoms with Crippen LogP contribution < -0.4 is 5.32 Å². The zero-order chi connectivity index (χ0) is 17.1. The quantitative estimate of drug-likeness (QED) is 0.867. The lowest BCUT2D eigenvalue weighted by molar-refractivity contribution is -0.134. The van der Waals surface area contributed by atoms with Crippen LogP contribution >= 0.6 is 11.6 Å². The second-order valence-electron chi connectivity index (χ2n) is 5.46. The molecule has 0 saturated heterocycles. The van der Waals surface area contributed by atoms with Crippen LogP contribution in [0.25, 0.3) is 0 Å². The van der Waals surface area contributed by atoms with Gasteiger partial charge in [0.05, 0.1) is 10.7 Å². The zero-order valence-electron chi connectivity index (χ0n) is 12.8. The number of nitrogens with one attached hydrogen (secondary N) is 1. The molecule has 24 heavy (non-hydrogen) atoms. The van der Waals surface area contributed by atoms with Crippen molar-refractivity contribution in [3.8, 4) is 0 Å². The van der Waals surface area contributed by atoms with E-state index in [-0.39, 0.29) is 10.7 Å². The number of benzene rings is 1. The van der Waals surface area contributed by atoms with Crippen LogP contribution in [0.1, 0.15) is 18.4 Å². The Morgan fingerprint density at radius 1 is 1.33 bits per heavy atom. The van der Waals surface area contributed by atoms with Crippen LogP contribution in [-0.4, -0.2) is 16.0 Å². The van der Waals surface area contributed by atoms with Crippen LogP contribution in [0.3, 0.4) is 0 Å². The van der Waals surface area contributed by atoms with Crippen molar-refractivity contribution >= 4 is 17.6 Å². The number of rotatable bonds is 4. The van der Waals surface area contributed by atoms with Gasteiger partial charge in [0.2, 0.25) is 0 Å². The largest absolute Gasteiger partial charge is 0.476 e. The smallest absolute Gasteiger partial charge is 0.355 e. The van der Waals surface area contributed by atoms with Gasteiger partial charge in [-0.05, 0) is 42.7 Å². The summed E-state index contributed by atoms with van der Waals surface area (Å²) in [6.07, 6.45) is 11.1. The third-order valence-corrected chi connectivity index (χ3v) is 4.11. The molecule has 2 N–H and O–H groups in total. The number of nitrogens with zero attached hydrogens (tertiary/aromatic N) is 1. The number of allylic oxidation sites excluding steroid dienone is 4. The average molecular weight is 347 g/mol. The Kier molecular flexibility index (Phi) is 4.71. The normalized spacial score (nSPS) is 16.6. The predicted octanol–water partition coefficient (Wildman–Crippen LogP) is 3.93. The molecule has 0 saturated carbocycles. The average Bonchev–Trinajstić information content (AvgIpc) is 2.80. The molecule has 1 aromatic rings. The minimum Gasteiger partial charge on any atom is -0.476 e. The van der Waals surface area contributed by atoms with Gasteiger partial charge < -0.3 is 15.3 Å². The summed E-state index contributed by atoms with van der Waals surface area (Å²) < 4.78 is 13.5. The number of carboxylic acid groups (broad SMARTS) is 1. The summed E-state index contributed by atoms with van der Waals surface area (Å²) >= 11 is 5.67. The van der Waals surface area contributed by atoms with Crippen molar-refractivity contribution in [1.82, 2.24) is 10.2 Å². The highest BCUT2D eigenvalue weighted by atomic mass is 35.5. The maximum Gasteiger partial charge on any atom is 0.355 e. The molecule has 0 amide bonds. The van der Waals surface area contributed by atoms with E-state index in [1.165, 1.54) is 12.1 Å². The summed E-state index contributed by atoms with van der Waals surface area (Å²) in [6, 6.07) is 4.51. The van der Waals surface area contributed by atoms with Gasteiger partial charge >= 0.3 is 5.97 Å². The van der Waals surface area contributed by atoms with Gasteiger partial charge in [-0.1, -0.05) is 29.8 Å². The van der Waals surface area contributed by atoms with E-state index in [0.717, 1.165) is 18.5 Å². The number of hydrogen-bond donors (Lipinski definition) is 2. The van der Waals surface area contributed by atoms with Crippen LogP contribution in [0.15, 0.2) is 65.8 Å². The molecule has 1 aromatic carbocycles. The van der Waals surface area contributed by atoms with Gasteiger partial charge in [-0.2, -0.15) is 0 Å². The van der Waals surface area contributed by atoms with Crippen molar-refractivity contribution < 1.29 is 14.3 Å². The van der Waals surface area contributed by atoms with E-state index in [1.54, 1.807) is 23.2 Å². The third kappa shape index (κ3) is 3.36. The summed E-state index contributed by atoms with van der Waals surface area (Å²) in [5.41, 5.74) is 2.14. The fourth-order valence-corrected chi connectivity index (χ4v) is 2.75.